The summed E-state index contributed by atoms with van der Waals surface area (Å²) < 4.78 is 102. The molecule has 0 fully saturated rings. The predicted octanol–water partition coefficient (Wildman–Crippen LogP) is 9.96. The molecule has 6 rings (SSSR count). The van der Waals surface area contributed by atoms with Gasteiger partial charge in [0.25, 0.3) is 11.8 Å². The number of hydrogen-bond donors (Lipinski definition) is 2. The van der Waals surface area contributed by atoms with Crippen LogP contribution in [0.1, 0.15) is 22.3 Å². The second-order valence-electron chi connectivity index (χ2n) is 11.8. The Kier molecular flexibility index (Phi) is 10.6. The van der Waals surface area contributed by atoms with E-state index in [2.05, 4.69) is 10.6 Å². The number of nitrogens with one attached hydrogen (secondary N) is 2. The first-order chi connectivity index (χ1) is 25.7. The van der Waals surface area contributed by atoms with Gasteiger partial charge in [0.05, 0.1) is 16.8 Å². The van der Waals surface area contributed by atoms with Crippen molar-refractivity contribution < 1.29 is 45.1 Å². The van der Waals surface area contributed by atoms with Crippen LogP contribution >= 0.6 is 0 Å². The lowest BCUT2D eigenvalue weighted by Gasteiger charge is -2.13. The third-order valence-corrected chi connectivity index (χ3v) is 7.87. The minimum atomic E-state index is -4.74. The molecular weight excluding hydrogens is 717 g/mol. The van der Waals surface area contributed by atoms with Crippen molar-refractivity contribution in [3.05, 3.63) is 167 Å². The van der Waals surface area contributed by atoms with Gasteiger partial charge in [-0.05, 0) is 84.4 Å². The Labute approximate surface area is 303 Å². The lowest BCUT2D eigenvalue weighted by atomic mass is 10.0. The average Bonchev–Trinajstić information content (AvgIpc) is 3.57. The van der Waals surface area contributed by atoms with Crippen molar-refractivity contribution in [2.75, 3.05) is 10.6 Å². The molecule has 7 nitrogen and oxygen atoms in total. The van der Waals surface area contributed by atoms with Crippen molar-refractivity contribution in [2.45, 2.75) is 19.0 Å². The maximum atomic E-state index is 13.8. The fraction of sp³-hybridized carbons (Fsp3) is 0.0750. The zero-order valence-electron chi connectivity index (χ0n) is 27.8. The Balaban J connectivity index is 1.42. The van der Waals surface area contributed by atoms with E-state index in [1.807, 2.05) is 0 Å². The largest absolute Gasteiger partial charge is 0.489 e. The summed E-state index contributed by atoms with van der Waals surface area (Å²) in [4.78, 5) is 27.6. The standard InChI is InChI=1S/C40H27F7N4O3/c41-30-17-15-25(16-18-30)24-54-34-14-4-7-26(19-34)36-27(23-51(50-36)33-12-2-1-3-13-33)20-35(37(52)48-31-10-5-8-28(21-31)39(42,43)44)38(53)49-32-11-6-9-29(22-32)40(45,46)47/h1-23H,24H2,(H,48,52)(H,49,53). The predicted molar refractivity (Wildman–Crippen MR) is 188 cm³/mol. The van der Waals surface area contributed by atoms with Gasteiger partial charge in [-0.25, -0.2) is 9.07 Å². The van der Waals surface area contributed by atoms with Crippen LogP contribution < -0.4 is 15.4 Å². The Bertz CT molecular complexity index is 2240. The molecule has 0 spiro atoms. The van der Waals surface area contributed by atoms with E-state index >= 15 is 0 Å². The van der Waals surface area contributed by atoms with Crippen molar-refractivity contribution in [1.29, 1.82) is 0 Å². The SMILES string of the molecule is O=C(Nc1cccc(C(F)(F)F)c1)C(=Cc1cn(-c2ccccc2)nc1-c1cccc(OCc2ccc(F)cc2)c1)C(=O)Nc1cccc(C(F)(F)F)c1. The molecule has 54 heavy (non-hydrogen) atoms. The summed E-state index contributed by atoms with van der Waals surface area (Å²) in [5.41, 5.74) is -1.21. The van der Waals surface area contributed by atoms with Crippen LogP contribution in [-0.2, 0) is 28.5 Å². The molecule has 1 aromatic heterocycles. The monoisotopic (exact) mass is 744 g/mol. The van der Waals surface area contributed by atoms with Crippen LogP contribution in [0.2, 0.25) is 0 Å². The van der Waals surface area contributed by atoms with Crippen molar-refractivity contribution in [3.63, 3.8) is 0 Å². The third kappa shape index (κ3) is 9.20. The van der Waals surface area contributed by atoms with E-state index in [1.165, 1.54) is 35.1 Å². The number of nitrogens with zero attached hydrogens (tertiary/aromatic N) is 2. The van der Waals surface area contributed by atoms with Gasteiger partial charge in [-0.1, -0.05) is 54.6 Å². The highest BCUT2D eigenvalue weighted by Gasteiger charge is 2.32. The van der Waals surface area contributed by atoms with Crippen molar-refractivity contribution >= 4 is 29.3 Å². The zero-order chi connectivity index (χ0) is 38.5. The van der Waals surface area contributed by atoms with Gasteiger partial charge in [0.15, 0.2) is 0 Å². The number of hydrogen-bond acceptors (Lipinski definition) is 4. The summed E-state index contributed by atoms with van der Waals surface area (Å²) in [6.45, 7) is 0.102. The van der Waals surface area contributed by atoms with Gasteiger partial charge in [-0.2, -0.15) is 31.4 Å². The average molecular weight is 745 g/mol. The number of halogens is 7. The molecule has 0 aliphatic carbocycles. The van der Waals surface area contributed by atoms with Gasteiger partial charge < -0.3 is 15.4 Å². The van der Waals surface area contributed by atoms with E-state index in [0.29, 0.717) is 34.7 Å². The van der Waals surface area contributed by atoms with E-state index in [1.54, 1.807) is 66.7 Å². The van der Waals surface area contributed by atoms with Gasteiger partial charge in [-0.15, -0.1) is 0 Å². The number of alkyl halides is 6. The topological polar surface area (TPSA) is 85.2 Å². The molecule has 0 unspecified atom stereocenters. The second kappa shape index (κ2) is 15.5. The van der Waals surface area contributed by atoms with Crippen molar-refractivity contribution in [2.24, 2.45) is 0 Å². The van der Waals surface area contributed by atoms with Gasteiger partial charge in [0, 0.05) is 28.7 Å². The maximum absolute atomic E-state index is 13.8. The normalized spacial score (nSPS) is 11.5. The van der Waals surface area contributed by atoms with E-state index in [-0.39, 0.29) is 29.2 Å². The summed E-state index contributed by atoms with van der Waals surface area (Å²) in [6.07, 6.45) is -6.83. The molecule has 2 amide bonds. The molecule has 2 N–H and O–H groups in total. The van der Waals surface area contributed by atoms with Crippen LogP contribution in [0.15, 0.2) is 139 Å². The molecule has 5 aromatic carbocycles. The lowest BCUT2D eigenvalue weighted by Crippen LogP contribution is -2.25. The molecule has 0 aliphatic rings. The van der Waals surface area contributed by atoms with Crippen LogP contribution in [0.5, 0.6) is 5.75 Å². The second-order valence-corrected chi connectivity index (χ2v) is 11.8. The highest BCUT2D eigenvalue weighted by Crippen LogP contribution is 2.33. The van der Waals surface area contributed by atoms with Crippen LogP contribution in [0, 0.1) is 5.82 Å². The number of aromatic nitrogens is 2. The number of anilines is 2. The number of benzene rings is 5. The molecule has 0 bridgehead atoms. The Hall–Kier alpha value is -6.70. The third-order valence-electron chi connectivity index (χ3n) is 7.87. The fourth-order valence-electron chi connectivity index (χ4n) is 5.24. The summed E-state index contributed by atoms with van der Waals surface area (Å²) >= 11 is 0. The highest BCUT2D eigenvalue weighted by atomic mass is 19.4. The number of ether oxygens (including phenoxy) is 1. The van der Waals surface area contributed by atoms with Gasteiger partial charge in [-0.3, -0.25) is 9.59 Å². The fourth-order valence-corrected chi connectivity index (χ4v) is 5.24. The molecule has 1 heterocycles. The summed E-state index contributed by atoms with van der Waals surface area (Å²) in [6, 6.07) is 28.7. The summed E-state index contributed by atoms with van der Waals surface area (Å²) in [5, 5.41) is 9.30. The Morgan fingerprint density at radius 2 is 1.26 bits per heavy atom. The molecule has 6 aromatic rings. The smallest absolute Gasteiger partial charge is 0.416 e. The molecule has 0 atom stereocenters. The number of para-hydroxylation sites is 1. The van der Waals surface area contributed by atoms with Crippen LogP contribution in [0.25, 0.3) is 23.0 Å². The Morgan fingerprint density at radius 3 is 1.83 bits per heavy atom. The first kappa shape index (κ1) is 37.1. The number of amides is 2. The number of rotatable bonds is 10. The molecule has 0 aliphatic heterocycles. The lowest BCUT2D eigenvalue weighted by molar-refractivity contribution is -0.138. The molecule has 14 heteroatoms. The number of carbonyl (C=O) groups excluding carboxylic acids is 2. The van der Waals surface area contributed by atoms with E-state index < -0.39 is 46.7 Å². The first-order valence-electron chi connectivity index (χ1n) is 16.0. The molecule has 274 valence electrons. The zero-order valence-corrected chi connectivity index (χ0v) is 27.8. The number of carbonyl (C=O) groups is 2. The Morgan fingerprint density at radius 1 is 0.685 bits per heavy atom. The summed E-state index contributed by atoms with van der Waals surface area (Å²) in [5.74, 6) is -2.32. The quantitative estimate of drug-likeness (QED) is 0.0633. The van der Waals surface area contributed by atoms with Crippen LogP contribution in [-0.4, -0.2) is 21.6 Å². The van der Waals surface area contributed by atoms with E-state index in [4.69, 9.17) is 9.84 Å². The first-order valence-corrected chi connectivity index (χ1v) is 16.0. The van der Waals surface area contributed by atoms with Gasteiger partial charge in [0.2, 0.25) is 0 Å². The molecule has 0 saturated carbocycles. The summed E-state index contributed by atoms with van der Waals surface area (Å²) in [7, 11) is 0. The highest BCUT2D eigenvalue weighted by molar-refractivity contribution is 6.29. The van der Waals surface area contributed by atoms with E-state index in [0.717, 1.165) is 30.3 Å². The van der Waals surface area contributed by atoms with E-state index in [9.17, 15) is 40.3 Å². The molecule has 0 saturated heterocycles. The van der Waals surface area contributed by atoms with Crippen LogP contribution in [0.4, 0.5) is 42.1 Å². The van der Waals surface area contributed by atoms with Gasteiger partial charge >= 0.3 is 12.4 Å². The van der Waals surface area contributed by atoms with Gasteiger partial charge in [0.1, 0.15) is 29.4 Å². The van der Waals surface area contributed by atoms with Crippen molar-refractivity contribution in [1.82, 2.24) is 9.78 Å². The minimum absolute atomic E-state index is 0.102. The van der Waals surface area contributed by atoms with Crippen molar-refractivity contribution in [3.8, 4) is 22.7 Å². The van der Waals surface area contributed by atoms with Crippen LogP contribution in [0.3, 0.4) is 0 Å². The molecular formula is C40H27F7N4O3. The maximum Gasteiger partial charge on any atom is 0.416 e. The minimum Gasteiger partial charge on any atom is -0.489 e. The molecule has 0 radical (unpaired) electrons.